The number of aromatic nitrogens is 2. The average Bonchev–Trinajstić information content (AvgIpc) is 2.63. The Kier molecular flexibility index (Phi) is 10.2. The minimum Gasteiger partial charge on any atom is -0.444 e. The molecule has 0 radical (unpaired) electrons. The maximum absolute atomic E-state index is 14.2. The first-order valence-corrected chi connectivity index (χ1v) is 10.1. The fourth-order valence-corrected chi connectivity index (χ4v) is 2.27. The number of ether oxygens (including phenoxy) is 4. The number of rotatable bonds is 9. The van der Waals surface area contributed by atoms with Gasteiger partial charge in [-0.1, -0.05) is 0 Å². The Morgan fingerprint density at radius 1 is 1.18 bits per heavy atom. The van der Waals surface area contributed by atoms with E-state index in [1.54, 1.807) is 41.5 Å². The molecule has 0 saturated heterocycles. The lowest BCUT2D eigenvalue weighted by molar-refractivity contribution is -0.162. The number of carbonyl (C=O) groups excluding carboxylic acids is 2. The molecular formula is C20H31F2N3O8. The third-order valence-electron chi connectivity index (χ3n) is 3.51. The van der Waals surface area contributed by atoms with Crippen LogP contribution in [0.15, 0.2) is 17.1 Å². The Morgan fingerprint density at radius 2 is 1.79 bits per heavy atom. The van der Waals surface area contributed by atoms with E-state index < -0.39 is 67.5 Å². The summed E-state index contributed by atoms with van der Waals surface area (Å²) in [6, 6.07) is 1.27. The van der Waals surface area contributed by atoms with Crippen LogP contribution in [0.25, 0.3) is 0 Å². The van der Waals surface area contributed by atoms with Gasteiger partial charge >= 0.3 is 17.9 Å². The number of hydrogen-bond donors (Lipinski definition) is 2. The number of alkyl halides is 2. The van der Waals surface area contributed by atoms with Crippen LogP contribution in [0.4, 0.5) is 24.2 Å². The minimum absolute atomic E-state index is 0.0916. The molecule has 3 atom stereocenters. The summed E-state index contributed by atoms with van der Waals surface area (Å²) in [5, 5.41) is 11.6. The smallest absolute Gasteiger partial charge is 0.444 e. The Bertz CT molecular complexity index is 851. The van der Waals surface area contributed by atoms with Crippen molar-refractivity contribution in [3.63, 3.8) is 0 Å². The predicted molar refractivity (Wildman–Crippen MR) is 112 cm³/mol. The van der Waals surface area contributed by atoms with Crippen LogP contribution in [0.1, 0.15) is 41.5 Å². The normalized spacial score (nSPS) is 14.7. The van der Waals surface area contributed by atoms with Gasteiger partial charge in [0.25, 0.3) is 6.36 Å². The Hall–Kier alpha value is -2.80. The number of aliphatic hydroxyl groups excluding tert-OH is 1. The van der Waals surface area contributed by atoms with Gasteiger partial charge < -0.3 is 24.1 Å². The fourth-order valence-electron chi connectivity index (χ4n) is 2.27. The lowest BCUT2D eigenvalue weighted by Crippen LogP contribution is -2.40. The van der Waals surface area contributed by atoms with Crippen molar-refractivity contribution in [1.82, 2.24) is 9.55 Å². The molecular weight excluding hydrogens is 448 g/mol. The quantitative estimate of drug-likeness (QED) is 0.512. The Balaban J connectivity index is 2.77. The van der Waals surface area contributed by atoms with Crippen molar-refractivity contribution in [3.05, 3.63) is 22.7 Å². The molecule has 0 spiro atoms. The standard InChI is InChI=1S/C20H31F2N3O8/c1-19(2,3)32-17(28)24-14-7-8-25(16(27)23-14)10-12(9-21)30-13(11-26)15(22)31-18(29)33-20(4,5)6/h7-8,12-13,15,26H,9-11H2,1-6H3,(H,23,24,27,28)/t12-,13-,15-/m1/s1. The molecule has 1 heterocycles. The highest BCUT2D eigenvalue weighted by Crippen LogP contribution is 2.15. The van der Waals surface area contributed by atoms with E-state index in [9.17, 15) is 28.3 Å². The number of nitrogens with zero attached hydrogens (tertiary/aromatic N) is 2. The highest BCUT2D eigenvalue weighted by atomic mass is 19.1. The van der Waals surface area contributed by atoms with Crippen molar-refractivity contribution in [2.45, 2.75) is 77.9 Å². The zero-order valence-corrected chi connectivity index (χ0v) is 19.5. The third kappa shape index (κ3) is 11.1. The SMILES string of the molecule is CC(C)(C)OC(=O)Nc1ccn(C[C@@H](CF)O[C@H](CO)[C@H](F)OC(=O)OC(C)(C)C)c(=O)n1. The summed E-state index contributed by atoms with van der Waals surface area (Å²) in [5.41, 5.74) is -2.55. The number of amides is 1. The van der Waals surface area contributed by atoms with E-state index >= 15 is 0 Å². The molecule has 1 aromatic heterocycles. The van der Waals surface area contributed by atoms with E-state index in [0.29, 0.717) is 0 Å². The van der Waals surface area contributed by atoms with Gasteiger partial charge in [0, 0.05) is 6.20 Å². The molecule has 1 aromatic rings. The number of halogens is 2. The van der Waals surface area contributed by atoms with Crippen LogP contribution in [0.3, 0.4) is 0 Å². The predicted octanol–water partition coefficient (Wildman–Crippen LogP) is 2.55. The molecule has 0 unspecified atom stereocenters. The molecule has 0 fully saturated rings. The van der Waals surface area contributed by atoms with Gasteiger partial charge in [-0.05, 0) is 47.6 Å². The molecule has 188 valence electrons. The summed E-state index contributed by atoms with van der Waals surface area (Å²) in [4.78, 5) is 39.2. The van der Waals surface area contributed by atoms with Crippen molar-refractivity contribution in [1.29, 1.82) is 0 Å². The summed E-state index contributed by atoms with van der Waals surface area (Å²) in [6.45, 7) is 7.12. The van der Waals surface area contributed by atoms with Crippen LogP contribution in [0.2, 0.25) is 0 Å². The van der Waals surface area contributed by atoms with Gasteiger partial charge in [-0.25, -0.2) is 18.8 Å². The van der Waals surface area contributed by atoms with Gasteiger partial charge in [0.05, 0.1) is 13.2 Å². The summed E-state index contributed by atoms with van der Waals surface area (Å²) in [5.74, 6) is -0.0916. The van der Waals surface area contributed by atoms with Crippen molar-refractivity contribution in [2.24, 2.45) is 0 Å². The highest BCUT2D eigenvalue weighted by molar-refractivity contribution is 5.83. The largest absolute Gasteiger partial charge is 0.511 e. The second-order valence-corrected chi connectivity index (χ2v) is 8.94. The maximum atomic E-state index is 14.2. The van der Waals surface area contributed by atoms with Gasteiger partial charge in [-0.15, -0.1) is 0 Å². The van der Waals surface area contributed by atoms with E-state index in [4.69, 9.17) is 14.2 Å². The molecule has 2 N–H and O–H groups in total. The van der Waals surface area contributed by atoms with Crippen LogP contribution in [0.5, 0.6) is 0 Å². The molecule has 1 rings (SSSR count). The molecule has 0 bridgehead atoms. The molecule has 0 saturated carbocycles. The second-order valence-electron chi connectivity index (χ2n) is 8.94. The Labute approximate surface area is 190 Å². The lowest BCUT2D eigenvalue weighted by atomic mass is 10.2. The number of nitrogens with one attached hydrogen (secondary N) is 1. The third-order valence-corrected chi connectivity index (χ3v) is 3.51. The molecule has 0 aliphatic rings. The first kappa shape index (κ1) is 28.2. The highest BCUT2D eigenvalue weighted by Gasteiger charge is 2.30. The van der Waals surface area contributed by atoms with Crippen molar-refractivity contribution in [3.8, 4) is 0 Å². The Morgan fingerprint density at radius 3 is 2.27 bits per heavy atom. The van der Waals surface area contributed by atoms with Gasteiger partial charge in [-0.2, -0.15) is 9.37 Å². The molecule has 0 aliphatic carbocycles. The van der Waals surface area contributed by atoms with E-state index in [1.807, 2.05) is 0 Å². The first-order valence-electron chi connectivity index (χ1n) is 10.1. The average molecular weight is 479 g/mol. The fraction of sp³-hybridized carbons (Fsp3) is 0.700. The topological polar surface area (TPSA) is 138 Å². The van der Waals surface area contributed by atoms with E-state index in [1.165, 1.54) is 12.3 Å². The molecule has 13 heteroatoms. The zero-order chi connectivity index (χ0) is 25.4. The van der Waals surface area contributed by atoms with Crippen LogP contribution in [-0.4, -0.2) is 70.0 Å². The maximum Gasteiger partial charge on any atom is 0.511 e. The molecule has 11 nitrogen and oxygen atoms in total. The summed E-state index contributed by atoms with van der Waals surface area (Å²) < 4.78 is 48.1. The first-order chi connectivity index (χ1) is 15.1. The number of hydrogen-bond acceptors (Lipinski definition) is 9. The van der Waals surface area contributed by atoms with E-state index in [0.717, 1.165) is 4.57 Å². The van der Waals surface area contributed by atoms with Crippen LogP contribution < -0.4 is 11.0 Å². The zero-order valence-electron chi connectivity index (χ0n) is 19.5. The van der Waals surface area contributed by atoms with Gasteiger partial charge in [0.2, 0.25) is 0 Å². The minimum atomic E-state index is -2.45. The van der Waals surface area contributed by atoms with Gasteiger partial charge in [-0.3, -0.25) is 9.88 Å². The number of carbonyl (C=O) groups is 2. The van der Waals surface area contributed by atoms with Crippen LogP contribution in [0, 0.1) is 0 Å². The second kappa shape index (κ2) is 11.9. The number of aliphatic hydroxyl groups is 1. The van der Waals surface area contributed by atoms with Crippen molar-refractivity contribution < 1.29 is 42.4 Å². The molecule has 1 amide bonds. The summed E-state index contributed by atoms with van der Waals surface area (Å²) >= 11 is 0. The van der Waals surface area contributed by atoms with Crippen molar-refractivity contribution in [2.75, 3.05) is 18.6 Å². The molecule has 33 heavy (non-hydrogen) atoms. The van der Waals surface area contributed by atoms with Crippen molar-refractivity contribution >= 4 is 18.1 Å². The van der Waals surface area contributed by atoms with Gasteiger partial charge in [0.1, 0.15) is 35.9 Å². The van der Waals surface area contributed by atoms with Crippen LogP contribution in [-0.2, 0) is 25.5 Å². The molecule has 0 aromatic carbocycles. The lowest BCUT2D eigenvalue weighted by Gasteiger charge is -2.25. The van der Waals surface area contributed by atoms with Crippen LogP contribution >= 0.6 is 0 Å². The monoisotopic (exact) mass is 479 g/mol. The summed E-state index contributed by atoms with van der Waals surface area (Å²) in [7, 11) is 0. The molecule has 0 aliphatic heterocycles. The van der Waals surface area contributed by atoms with E-state index in [-0.39, 0.29) is 5.82 Å². The van der Waals surface area contributed by atoms with Gasteiger partial charge in [0.15, 0.2) is 0 Å². The number of anilines is 1. The van der Waals surface area contributed by atoms with E-state index in [2.05, 4.69) is 15.0 Å². The summed E-state index contributed by atoms with van der Waals surface area (Å²) in [6.07, 6.45) is -6.49.